The van der Waals surface area contributed by atoms with Gasteiger partial charge in [-0.3, -0.25) is 10.1 Å². The Morgan fingerprint density at radius 3 is 2.08 bits per heavy atom. The fourth-order valence-corrected chi connectivity index (χ4v) is 3.01. The number of carbonyl (C=O) groups is 2. The zero-order chi connectivity index (χ0) is 19.3. The molecule has 2 fully saturated rings. The molecule has 5 heteroatoms. The molecule has 1 amide bonds. The Morgan fingerprint density at radius 1 is 0.923 bits per heavy atom. The molecule has 0 radical (unpaired) electrons. The Balaban J connectivity index is 0.000000314. The smallest absolute Gasteiger partial charge is 0.411 e. The first-order valence-corrected chi connectivity index (χ1v) is 10.3. The summed E-state index contributed by atoms with van der Waals surface area (Å²) < 4.78 is 5.16. The number of hydrogen-bond acceptors (Lipinski definition) is 4. The molecule has 150 valence electrons. The van der Waals surface area contributed by atoms with Crippen LogP contribution in [0.3, 0.4) is 0 Å². The van der Waals surface area contributed by atoms with Crippen LogP contribution in [0.2, 0.25) is 0 Å². The van der Waals surface area contributed by atoms with Crippen molar-refractivity contribution in [2.24, 2.45) is 0 Å². The Hall–Kier alpha value is -1.52. The molecular formula is C21H38N2O3. The predicted molar refractivity (Wildman–Crippen MR) is 106 cm³/mol. The second-order valence-corrected chi connectivity index (χ2v) is 8.21. The monoisotopic (exact) mass is 366 g/mol. The van der Waals surface area contributed by atoms with Crippen LogP contribution in [0.15, 0.2) is 11.9 Å². The molecule has 0 spiro atoms. The SMILES string of the molecule is CC(C)(C)OC(=O)NC=C1CCCCCCN1.O=C1CCCCCCC1. The summed E-state index contributed by atoms with van der Waals surface area (Å²) in [4.78, 5) is 22.3. The standard InChI is InChI=1S/C13H24N2O2.C8H14O/c1-13(2,3)17-12(16)15-10-11-8-6-4-5-7-9-14-11;9-8-6-4-2-1-3-5-7-8/h10,14H,4-9H2,1-3H3,(H,15,16);1-7H2. The highest BCUT2D eigenvalue weighted by molar-refractivity contribution is 5.78. The van der Waals surface area contributed by atoms with Gasteiger partial charge in [0.2, 0.25) is 0 Å². The highest BCUT2D eigenvalue weighted by atomic mass is 16.6. The lowest BCUT2D eigenvalue weighted by Gasteiger charge is -2.19. The minimum Gasteiger partial charge on any atom is -0.444 e. The van der Waals surface area contributed by atoms with Crippen molar-refractivity contribution in [1.82, 2.24) is 10.6 Å². The van der Waals surface area contributed by atoms with Crippen LogP contribution < -0.4 is 10.6 Å². The summed E-state index contributed by atoms with van der Waals surface area (Å²) in [5, 5.41) is 6.00. The van der Waals surface area contributed by atoms with E-state index in [9.17, 15) is 9.59 Å². The molecule has 2 N–H and O–H groups in total. The summed E-state index contributed by atoms with van der Waals surface area (Å²) in [7, 11) is 0. The summed E-state index contributed by atoms with van der Waals surface area (Å²) in [6.45, 7) is 6.55. The van der Waals surface area contributed by atoms with Crippen molar-refractivity contribution in [3.05, 3.63) is 11.9 Å². The zero-order valence-electron chi connectivity index (χ0n) is 17.0. The Morgan fingerprint density at radius 2 is 1.46 bits per heavy atom. The van der Waals surface area contributed by atoms with E-state index in [-0.39, 0.29) is 0 Å². The van der Waals surface area contributed by atoms with E-state index in [1.807, 2.05) is 20.8 Å². The van der Waals surface area contributed by atoms with Gasteiger partial charge in [-0.2, -0.15) is 0 Å². The van der Waals surface area contributed by atoms with E-state index < -0.39 is 11.7 Å². The molecule has 0 unspecified atom stereocenters. The average molecular weight is 367 g/mol. The maximum Gasteiger partial charge on any atom is 0.411 e. The molecule has 1 heterocycles. The van der Waals surface area contributed by atoms with E-state index in [1.54, 1.807) is 6.20 Å². The van der Waals surface area contributed by atoms with Crippen LogP contribution in [0, 0.1) is 0 Å². The Kier molecular flexibility index (Phi) is 11.1. The maximum absolute atomic E-state index is 11.4. The minimum atomic E-state index is -0.447. The van der Waals surface area contributed by atoms with Crippen molar-refractivity contribution >= 4 is 11.9 Å². The number of ketones is 1. The molecule has 2 rings (SSSR count). The third-order valence-electron chi connectivity index (χ3n) is 4.40. The fraction of sp³-hybridized carbons (Fsp3) is 0.810. The van der Waals surface area contributed by atoms with Crippen molar-refractivity contribution in [2.75, 3.05) is 6.54 Å². The van der Waals surface area contributed by atoms with E-state index in [1.165, 1.54) is 44.9 Å². The molecule has 1 saturated carbocycles. The molecule has 1 aliphatic heterocycles. The summed E-state index contributed by atoms with van der Waals surface area (Å²) in [5.74, 6) is 0.481. The van der Waals surface area contributed by atoms with Gasteiger partial charge < -0.3 is 10.1 Å². The normalized spacial score (nSPS) is 21.0. The van der Waals surface area contributed by atoms with Gasteiger partial charge in [0.1, 0.15) is 11.4 Å². The average Bonchev–Trinajstić information content (AvgIpc) is 2.49. The van der Waals surface area contributed by atoms with Crippen molar-refractivity contribution in [3.8, 4) is 0 Å². The molecule has 0 aromatic carbocycles. The van der Waals surface area contributed by atoms with Crippen LogP contribution in [0.1, 0.15) is 97.8 Å². The van der Waals surface area contributed by atoms with Gasteiger partial charge in [0.05, 0.1) is 0 Å². The molecule has 0 aromatic heterocycles. The van der Waals surface area contributed by atoms with Gasteiger partial charge in [0, 0.05) is 31.3 Å². The number of hydrogen-bond donors (Lipinski definition) is 2. The molecule has 0 atom stereocenters. The van der Waals surface area contributed by atoms with Gasteiger partial charge in [0.25, 0.3) is 0 Å². The lowest BCUT2D eigenvalue weighted by molar-refractivity contribution is -0.119. The lowest BCUT2D eigenvalue weighted by Crippen LogP contribution is -2.30. The van der Waals surface area contributed by atoms with E-state index in [2.05, 4.69) is 10.6 Å². The maximum atomic E-state index is 11.4. The van der Waals surface area contributed by atoms with E-state index >= 15 is 0 Å². The van der Waals surface area contributed by atoms with Gasteiger partial charge in [-0.25, -0.2) is 4.79 Å². The molecule has 5 nitrogen and oxygen atoms in total. The van der Waals surface area contributed by atoms with Crippen LogP contribution >= 0.6 is 0 Å². The van der Waals surface area contributed by atoms with Crippen LogP contribution in [-0.2, 0) is 9.53 Å². The molecule has 2 aliphatic rings. The molecule has 0 bridgehead atoms. The number of nitrogens with one attached hydrogen (secondary N) is 2. The molecular weight excluding hydrogens is 328 g/mol. The third-order valence-corrected chi connectivity index (χ3v) is 4.40. The number of ether oxygens (including phenoxy) is 1. The van der Waals surface area contributed by atoms with E-state index in [0.29, 0.717) is 5.78 Å². The predicted octanol–water partition coefficient (Wildman–Crippen LogP) is 5.21. The number of rotatable bonds is 1. The summed E-state index contributed by atoms with van der Waals surface area (Å²) in [5.41, 5.74) is 0.646. The summed E-state index contributed by atoms with van der Waals surface area (Å²) in [6, 6.07) is 0. The number of amides is 1. The zero-order valence-corrected chi connectivity index (χ0v) is 17.0. The number of Topliss-reactive ketones (excluding diaryl/α,β-unsaturated/α-hetero) is 1. The third kappa shape index (κ3) is 12.8. The van der Waals surface area contributed by atoms with Gasteiger partial charge in [-0.15, -0.1) is 0 Å². The number of alkyl carbamates (subject to hydrolysis) is 1. The molecule has 26 heavy (non-hydrogen) atoms. The van der Waals surface area contributed by atoms with Crippen LogP contribution in [-0.4, -0.2) is 24.0 Å². The van der Waals surface area contributed by atoms with Crippen LogP contribution in [0.25, 0.3) is 0 Å². The Bertz CT molecular complexity index is 433. The molecule has 0 aromatic rings. The second kappa shape index (κ2) is 12.8. The topological polar surface area (TPSA) is 67.4 Å². The first-order chi connectivity index (χ1) is 12.4. The minimum absolute atomic E-state index is 0.395. The van der Waals surface area contributed by atoms with E-state index in [4.69, 9.17) is 4.74 Å². The van der Waals surface area contributed by atoms with Crippen molar-refractivity contribution in [2.45, 2.75) is 103 Å². The highest BCUT2D eigenvalue weighted by Gasteiger charge is 2.15. The molecule has 1 saturated heterocycles. The highest BCUT2D eigenvalue weighted by Crippen LogP contribution is 2.13. The largest absolute Gasteiger partial charge is 0.444 e. The van der Waals surface area contributed by atoms with Crippen LogP contribution in [0.4, 0.5) is 4.79 Å². The second-order valence-electron chi connectivity index (χ2n) is 8.21. The number of carbonyl (C=O) groups excluding carboxylic acids is 2. The summed E-state index contributed by atoms with van der Waals surface area (Å²) in [6.07, 6.45) is 15.1. The van der Waals surface area contributed by atoms with Crippen LogP contribution in [0.5, 0.6) is 0 Å². The Labute approximate surface area is 159 Å². The number of allylic oxidation sites excluding steroid dienone is 1. The van der Waals surface area contributed by atoms with Gasteiger partial charge >= 0.3 is 6.09 Å². The van der Waals surface area contributed by atoms with Crippen molar-refractivity contribution < 1.29 is 14.3 Å². The summed E-state index contributed by atoms with van der Waals surface area (Å²) >= 11 is 0. The fourth-order valence-electron chi connectivity index (χ4n) is 3.01. The first-order valence-electron chi connectivity index (χ1n) is 10.3. The van der Waals surface area contributed by atoms with Crippen molar-refractivity contribution in [1.29, 1.82) is 0 Å². The molecule has 1 aliphatic carbocycles. The van der Waals surface area contributed by atoms with Crippen molar-refractivity contribution in [3.63, 3.8) is 0 Å². The van der Waals surface area contributed by atoms with E-state index in [0.717, 1.165) is 44.3 Å². The van der Waals surface area contributed by atoms with Gasteiger partial charge in [-0.1, -0.05) is 32.1 Å². The van der Waals surface area contributed by atoms with Gasteiger partial charge in [0.15, 0.2) is 0 Å². The lowest BCUT2D eigenvalue weighted by atomic mass is 10.0. The quantitative estimate of drug-likeness (QED) is 0.669. The van der Waals surface area contributed by atoms with Gasteiger partial charge in [-0.05, 0) is 52.9 Å². The first kappa shape index (κ1) is 22.5.